The Hall–Kier alpha value is -4.95. The summed E-state index contributed by atoms with van der Waals surface area (Å²) < 4.78 is 50.3. The lowest BCUT2D eigenvalue weighted by Gasteiger charge is -2.64. The molecule has 5 aliphatic rings. The van der Waals surface area contributed by atoms with Gasteiger partial charge in [0.05, 0.1) is 18.1 Å². The zero-order valence-electron chi connectivity index (χ0n) is 43.1. The lowest BCUT2D eigenvalue weighted by molar-refractivity contribution is -0.323. The summed E-state index contributed by atoms with van der Waals surface area (Å²) in [7, 11) is 3.17. The maximum absolute atomic E-state index is 15.7. The van der Waals surface area contributed by atoms with Gasteiger partial charge < -0.3 is 48.9 Å². The molecule has 17 nitrogen and oxygen atoms in total. The van der Waals surface area contributed by atoms with Crippen molar-refractivity contribution in [3.63, 3.8) is 0 Å². The number of benzene rings is 2. The van der Waals surface area contributed by atoms with E-state index in [1.807, 2.05) is 0 Å². The number of fused-ring (bicyclic) bond motifs is 4. The van der Waals surface area contributed by atoms with Crippen molar-refractivity contribution in [1.82, 2.24) is 10.6 Å². The lowest BCUT2D eigenvalue weighted by atomic mass is 9.48. The van der Waals surface area contributed by atoms with Crippen LogP contribution in [0.15, 0.2) is 71.8 Å². The molecule has 7 rings (SSSR count). The number of aliphatic hydroxyl groups is 1. The van der Waals surface area contributed by atoms with E-state index >= 15 is 9.59 Å². The molecular weight excluding hydrogens is 969 g/mol. The van der Waals surface area contributed by atoms with Crippen molar-refractivity contribution < 1.29 is 73.2 Å². The molecule has 3 saturated carbocycles. The van der Waals surface area contributed by atoms with Crippen molar-refractivity contribution in [2.24, 2.45) is 22.7 Å². The Labute approximate surface area is 430 Å². The fourth-order valence-electron chi connectivity index (χ4n) is 11.3. The minimum Gasteiger partial charge on any atom is -0.455 e. The van der Waals surface area contributed by atoms with E-state index in [9.17, 15) is 29.1 Å². The maximum Gasteiger partial charge on any atom is 0.408 e. The van der Waals surface area contributed by atoms with Crippen LogP contribution in [0.25, 0.3) is 0 Å². The van der Waals surface area contributed by atoms with Crippen LogP contribution in [-0.4, -0.2) is 125 Å². The molecule has 1 saturated heterocycles. The zero-order chi connectivity index (χ0) is 53.1. The van der Waals surface area contributed by atoms with Crippen LogP contribution in [0.1, 0.15) is 118 Å². The molecule has 4 aliphatic carbocycles. The van der Waals surface area contributed by atoms with Crippen LogP contribution in [-0.2, 0) is 57.1 Å². The van der Waals surface area contributed by atoms with Gasteiger partial charge in [-0.2, -0.15) is 0 Å². The second-order valence-corrected chi connectivity index (χ2v) is 23.5. The third-order valence-corrected chi connectivity index (χ3v) is 17.1. The van der Waals surface area contributed by atoms with Crippen molar-refractivity contribution >= 4 is 63.3 Å². The number of hydrogen-bond acceptors (Lipinski definition) is 18. The van der Waals surface area contributed by atoms with Gasteiger partial charge in [-0.1, -0.05) is 90.9 Å². The topological polar surface area (TPSA) is 228 Å². The average molecular weight is 1040 g/mol. The highest BCUT2D eigenvalue weighted by atomic mass is 33.1. The van der Waals surface area contributed by atoms with Crippen molar-refractivity contribution in [3.8, 4) is 0 Å². The Bertz CT molecular complexity index is 2440. The highest BCUT2D eigenvalue weighted by Crippen LogP contribution is 2.74. The number of alkyl carbamates (subject to hydrolysis) is 1. The van der Waals surface area contributed by atoms with Crippen molar-refractivity contribution in [3.05, 3.63) is 82.9 Å². The SMILES string of the molecule is [3H]CCNCCSSCCCC(=O)O[C@@H](C(=O)O[C@H]1C[C@@]2(O)[C@@H](OC(=O)c3ccccc3)[C@@H]3[C@]4(OC(C)=O)CO[C@@H]4C[C@@H]4C[C@@]43C(=O)[C@H](OC(C)=O)C(=C1C)C2(C)C)[C@@H](NC(=O)OC(C)(C)C)c1ccccc1. The van der Waals surface area contributed by atoms with Gasteiger partial charge >= 0.3 is 35.9 Å². The minimum absolute atomic E-state index is 0.106. The summed E-state index contributed by atoms with van der Waals surface area (Å²) in [6.07, 6.45) is -8.05. The largest absolute Gasteiger partial charge is 0.455 e. The Morgan fingerprint density at radius 1 is 0.931 bits per heavy atom. The predicted octanol–water partition coefficient (Wildman–Crippen LogP) is 6.79. The Kier molecular flexibility index (Phi) is 16.2. The lowest BCUT2D eigenvalue weighted by Crippen LogP contribution is -2.78. The number of carbonyl (C=O) groups excluding carboxylic acids is 7. The quantitative estimate of drug-likeness (QED) is 0.0432. The molecule has 2 aromatic carbocycles. The highest BCUT2D eigenvalue weighted by molar-refractivity contribution is 8.76. The third kappa shape index (κ3) is 11.0. The fourth-order valence-corrected chi connectivity index (χ4v) is 13.4. The molecule has 3 N–H and O–H groups in total. The first kappa shape index (κ1) is 53.3. The molecule has 392 valence electrons. The number of Topliss-reactive ketones (excluding diaryl/α,β-unsaturated/α-hetero) is 1. The molecule has 1 amide bonds. The number of ether oxygens (including phenoxy) is 7. The summed E-state index contributed by atoms with van der Waals surface area (Å²) in [5, 5.41) is 19.9. The van der Waals surface area contributed by atoms with Crippen LogP contribution in [0.2, 0.25) is 0 Å². The summed E-state index contributed by atoms with van der Waals surface area (Å²) >= 11 is 0. The van der Waals surface area contributed by atoms with E-state index in [1.165, 1.54) is 19.1 Å². The van der Waals surface area contributed by atoms with E-state index in [2.05, 4.69) is 10.6 Å². The number of amides is 1. The summed E-state index contributed by atoms with van der Waals surface area (Å²) in [5.41, 5.74) is -7.11. The smallest absolute Gasteiger partial charge is 0.408 e. The number of carbonyl (C=O) groups is 7. The third-order valence-electron chi connectivity index (χ3n) is 14.7. The standard InChI is InChI=1S/C53H68N2O15S2/c1-10-54-23-25-72-71-24-17-22-38(58)67-42(40(33-18-13-11-14-19-33)55-48(62)70-49(5,6)7)47(61)66-36-28-53(63)45(68-46(60)34-20-15-12-16-21-34)43-51(27-35(51)26-37-52(43,29-64-37)69-32(4)57)44(59)41(65-31(3)56)39(30(36)2)50(53,8)9/h11-16,18-21,35-37,40-43,45,54,63H,10,17,22-29H2,1-9H3,(H,55,62)/t35-,36+,37-,40+,41-,42-,43+,45+,51-,52+,53-/m1/s1/i1T. The molecule has 1 aliphatic heterocycles. The predicted molar refractivity (Wildman–Crippen MR) is 266 cm³/mol. The van der Waals surface area contributed by atoms with Gasteiger partial charge in [0.2, 0.25) is 6.10 Å². The van der Waals surface area contributed by atoms with Crippen LogP contribution >= 0.6 is 21.6 Å². The number of esters is 5. The number of ketones is 1. The minimum atomic E-state index is -2.31. The van der Waals surface area contributed by atoms with Gasteiger partial charge in [-0.3, -0.25) is 19.2 Å². The molecule has 2 bridgehead atoms. The van der Waals surface area contributed by atoms with Gasteiger partial charge in [0.25, 0.3) is 0 Å². The van der Waals surface area contributed by atoms with Crippen molar-refractivity contribution in [2.75, 3.05) is 31.2 Å². The van der Waals surface area contributed by atoms with E-state index in [4.69, 9.17) is 34.5 Å². The Balaban J connectivity index is 1.32. The molecule has 11 atom stereocenters. The average Bonchev–Trinajstić information content (AvgIpc) is 4.05. The van der Waals surface area contributed by atoms with Gasteiger partial charge in [-0.15, -0.1) is 0 Å². The van der Waals surface area contributed by atoms with E-state index in [0.717, 1.165) is 19.2 Å². The van der Waals surface area contributed by atoms with Gasteiger partial charge in [0.15, 0.2) is 17.5 Å². The summed E-state index contributed by atoms with van der Waals surface area (Å²) in [6, 6.07) is 15.0. The summed E-state index contributed by atoms with van der Waals surface area (Å²) in [6.45, 7) is 13.6. The molecule has 4 fully saturated rings. The molecule has 0 aromatic heterocycles. The highest BCUT2D eigenvalue weighted by Gasteiger charge is 2.84. The molecule has 0 unspecified atom stereocenters. The van der Waals surface area contributed by atoms with Crippen LogP contribution in [0.5, 0.6) is 0 Å². The van der Waals surface area contributed by atoms with Crippen LogP contribution in [0.4, 0.5) is 4.79 Å². The van der Waals surface area contributed by atoms with Crippen molar-refractivity contribution in [2.45, 2.75) is 148 Å². The maximum atomic E-state index is 15.7. The molecule has 1 heterocycles. The summed E-state index contributed by atoms with van der Waals surface area (Å²) in [5.74, 6) is -5.15. The molecule has 19 heteroatoms. The van der Waals surface area contributed by atoms with Crippen LogP contribution in [0, 0.1) is 22.7 Å². The number of hydrogen-bond donors (Lipinski definition) is 3. The second kappa shape index (κ2) is 21.9. The van der Waals surface area contributed by atoms with E-state index in [0.29, 0.717) is 30.7 Å². The van der Waals surface area contributed by atoms with Crippen molar-refractivity contribution in [1.29, 1.82) is 0 Å². The molecule has 2 aromatic rings. The van der Waals surface area contributed by atoms with Gasteiger partial charge in [-0.05, 0) is 88.3 Å². The molecule has 72 heavy (non-hydrogen) atoms. The molecule has 1 spiro atoms. The fraction of sp³-hybridized carbons (Fsp3) is 0.604. The van der Waals surface area contributed by atoms with E-state index in [-0.39, 0.29) is 43.1 Å². The molecule has 0 radical (unpaired) electrons. The van der Waals surface area contributed by atoms with Gasteiger partial charge in [0.1, 0.15) is 35.6 Å². The van der Waals surface area contributed by atoms with Crippen LogP contribution < -0.4 is 10.6 Å². The summed E-state index contributed by atoms with van der Waals surface area (Å²) in [4.78, 5) is 99.3. The second-order valence-electron chi connectivity index (χ2n) is 20.8. The number of nitrogens with one attached hydrogen (secondary N) is 2. The van der Waals surface area contributed by atoms with Crippen LogP contribution in [0.3, 0.4) is 0 Å². The first-order valence-electron chi connectivity index (χ1n) is 25.1. The van der Waals surface area contributed by atoms with E-state index < -0.39 is 124 Å². The van der Waals surface area contributed by atoms with Gasteiger partial charge in [-0.25, -0.2) is 14.4 Å². The zero-order valence-corrected chi connectivity index (χ0v) is 43.8. The normalized spacial score (nSPS) is 29.8. The Morgan fingerprint density at radius 3 is 2.24 bits per heavy atom. The monoisotopic (exact) mass is 1040 g/mol. The van der Waals surface area contributed by atoms with Gasteiger partial charge in [0, 0.05) is 56.9 Å². The first-order valence-corrected chi connectivity index (χ1v) is 26.9. The van der Waals surface area contributed by atoms with E-state index in [1.54, 1.807) is 112 Å². The number of rotatable bonds is 19. The first-order chi connectivity index (χ1) is 34.5. The molecular formula is C53H68N2O15S2. The Morgan fingerprint density at radius 2 is 1.61 bits per heavy atom.